The molecule has 1 heterocycles. The first kappa shape index (κ1) is 10.3. The van der Waals surface area contributed by atoms with E-state index in [0.717, 1.165) is 5.69 Å². The highest BCUT2D eigenvalue weighted by atomic mass is 35.5. The molecule has 0 aliphatic carbocycles. The number of anilines is 3. The zero-order valence-corrected chi connectivity index (χ0v) is 9.20. The highest BCUT2D eigenvalue weighted by Gasteiger charge is 2.03. The predicted molar refractivity (Wildman–Crippen MR) is 63.4 cm³/mol. The summed E-state index contributed by atoms with van der Waals surface area (Å²) in [6.45, 7) is 0. The SMILES string of the molecule is Nc1sccc1Nc1ccc(F)c(Cl)c1. The van der Waals surface area contributed by atoms with Crippen LogP contribution in [0.2, 0.25) is 5.02 Å². The molecule has 0 radical (unpaired) electrons. The standard InChI is InChI=1S/C10H8ClFN2S/c11-7-5-6(1-2-8(7)12)14-9-3-4-15-10(9)13/h1-5,14H,13H2. The normalized spacial score (nSPS) is 10.3. The molecule has 1 aromatic heterocycles. The quantitative estimate of drug-likeness (QED) is 0.839. The van der Waals surface area contributed by atoms with Crippen LogP contribution < -0.4 is 11.1 Å². The van der Waals surface area contributed by atoms with Crippen molar-refractivity contribution in [1.29, 1.82) is 0 Å². The summed E-state index contributed by atoms with van der Waals surface area (Å²) >= 11 is 7.09. The van der Waals surface area contributed by atoms with Crippen molar-refractivity contribution in [2.45, 2.75) is 0 Å². The Labute approximate surface area is 95.5 Å². The van der Waals surface area contributed by atoms with E-state index >= 15 is 0 Å². The topological polar surface area (TPSA) is 38.0 Å². The molecule has 0 aliphatic heterocycles. The number of thiophene rings is 1. The lowest BCUT2D eigenvalue weighted by atomic mass is 10.3. The Bertz CT molecular complexity index is 484. The van der Waals surface area contributed by atoms with Crippen molar-refractivity contribution in [3.05, 3.63) is 40.5 Å². The lowest BCUT2D eigenvalue weighted by Gasteiger charge is -2.05. The Balaban J connectivity index is 2.25. The number of nitrogens with one attached hydrogen (secondary N) is 1. The highest BCUT2D eigenvalue weighted by molar-refractivity contribution is 7.14. The van der Waals surface area contributed by atoms with Gasteiger partial charge in [-0.3, -0.25) is 0 Å². The molecule has 0 unspecified atom stereocenters. The second kappa shape index (κ2) is 4.08. The molecular formula is C10H8ClFN2S. The van der Waals surface area contributed by atoms with Gasteiger partial charge in [-0.1, -0.05) is 11.6 Å². The van der Waals surface area contributed by atoms with Crippen LogP contribution in [0, 0.1) is 5.82 Å². The van der Waals surface area contributed by atoms with E-state index < -0.39 is 5.82 Å². The molecule has 0 amide bonds. The van der Waals surface area contributed by atoms with Crippen molar-refractivity contribution in [3.8, 4) is 0 Å². The number of benzene rings is 1. The van der Waals surface area contributed by atoms with Crippen LogP contribution >= 0.6 is 22.9 Å². The minimum atomic E-state index is -0.430. The third-order valence-electron chi connectivity index (χ3n) is 1.89. The Hall–Kier alpha value is -1.26. The van der Waals surface area contributed by atoms with Crippen molar-refractivity contribution in [1.82, 2.24) is 0 Å². The minimum absolute atomic E-state index is 0.0915. The maximum Gasteiger partial charge on any atom is 0.141 e. The zero-order valence-electron chi connectivity index (χ0n) is 7.63. The molecule has 0 saturated carbocycles. The van der Waals surface area contributed by atoms with Crippen LogP contribution in [0.15, 0.2) is 29.6 Å². The molecule has 2 aromatic rings. The summed E-state index contributed by atoms with van der Waals surface area (Å²) in [6.07, 6.45) is 0. The molecule has 0 atom stereocenters. The van der Waals surface area contributed by atoms with Gasteiger partial charge in [0.1, 0.15) is 10.8 Å². The van der Waals surface area contributed by atoms with Gasteiger partial charge in [-0.25, -0.2) is 4.39 Å². The Kier molecular flexibility index (Phi) is 2.79. The molecular weight excluding hydrogens is 235 g/mol. The van der Waals surface area contributed by atoms with E-state index in [1.807, 2.05) is 11.4 Å². The molecule has 3 N–H and O–H groups in total. The van der Waals surface area contributed by atoms with Gasteiger partial charge in [0.2, 0.25) is 0 Å². The Morgan fingerprint density at radius 1 is 1.33 bits per heavy atom. The van der Waals surface area contributed by atoms with E-state index in [0.29, 0.717) is 10.7 Å². The number of nitrogens with two attached hydrogens (primary N) is 1. The van der Waals surface area contributed by atoms with Crippen LogP contribution in [0.1, 0.15) is 0 Å². The summed E-state index contributed by atoms with van der Waals surface area (Å²) in [4.78, 5) is 0. The number of hydrogen-bond acceptors (Lipinski definition) is 3. The van der Waals surface area contributed by atoms with Crippen molar-refractivity contribution >= 4 is 39.3 Å². The lowest BCUT2D eigenvalue weighted by molar-refractivity contribution is 0.628. The molecule has 2 nitrogen and oxygen atoms in total. The first-order valence-electron chi connectivity index (χ1n) is 4.22. The van der Waals surface area contributed by atoms with Crippen LogP contribution in [0.25, 0.3) is 0 Å². The van der Waals surface area contributed by atoms with Crippen molar-refractivity contribution in [3.63, 3.8) is 0 Å². The highest BCUT2D eigenvalue weighted by Crippen LogP contribution is 2.29. The van der Waals surface area contributed by atoms with E-state index in [-0.39, 0.29) is 5.02 Å². The molecule has 1 aromatic carbocycles. The smallest absolute Gasteiger partial charge is 0.141 e. The first-order chi connectivity index (χ1) is 7.16. The van der Waals surface area contributed by atoms with Gasteiger partial charge >= 0.3 is 0 Å². The third kappa shape index (κ3) is 2.22. The summed E-state index contributed by atoms with van der Waals surface area (Å²) in [6, 6.07) is 6.30. The number of nitrogen functional groups attached to an aromatic ring is 1. The number of rotatable bonds is 2. The molecule has 0 fully saturated rings. The summed E-state index contributed by atoms with van der Waals surface area (Å²) in [5, 5.41) is 5.71. The van der Waals surface area contributed by atoms with Crippen molar-refractivity contribution < 1.29 is 4.39 Å². The van der Waals surface area contributed by atoms with E-state index in [1.165, 1.54) is 23.5 Å². The van der Waals surface area contributed by atoms with E-state index in [1.54, 1.807) is 6.07 Å². The van der Waals surface area contributed by atoms with Gasteiger partial charge in [-0.2, -0.15) is 0 Å². The fourth-order valence-corrected chi connectivity index (χ4v) is 1.93. The summed E-state index contributed by atoms with van der Waals surface area (Å²) in [5.41, 5.74) is 7.23. The molecule has 2 rings (SSSR count). The zero-order chi connectivity index (χ0) is 10.8. The summed E-state index contributed by atoms with van der Waals surface area (Å²) in [5.74, 6) is -0.430. The predicted octanol–water partition coefficient (Wildman–Crippen LogP) is 3.87. The van der Waals surface area contributed by atoms with Crippen LogP contribution in [0.3, 0.4) is 0 Å². The fourth-order valence-electron chi connectivity index (χ4n) is 1.15. The molecule has 15 heavy (non-hydrogen) atoms. The van der Waals surface area contributed by atoms with Crippen molar-refractivity contribution in [2.75, 3.05) is 11.1 Å². The molecule has 78 valence electrons. The fraction of sp³-hybridized carbons (Fsp3) is 0. The van der Waals surface area contributed by atoms with Crippen LogP contribution in [0.4, 0.5) is 20.8 Å². The molecule has 0 bridgehead atoms. The van der Waals surface area contributed by atoms with Gasteiger partial charge in [0.15, 0.2) is 0 Å². The van der Waals surface area contributed by atoms with Crippen molar-refractivity contribution in [2.24, 2.45) is 0 Å². The van der Waals surface area contributed by atoms with E-state index in [2.05, 4.69) is 5.32 Å². The summed E-state index contributed by atoms with van der Waals surface area (Å²) in [7, 11) is 0. The Morgan fingerprint density at radius 3 is 2.73 bits per heavy atom. The third-order valence-corrected chi connectivity index (χ3v) is 2.93. The molecule has 5 heteroatoms. The van der Waals surface area contributed by atoms with Gasteiger partial charge in [-0.05, 0) is 29.6 Å². The van der Waals surface area contributed by atoms with Gasteiger partial charge in [0.25, 0.3) is 0 Å². The number of halogens is 2. The largest absolute Gasteiger partial charge is 0.389 e. The lowest BCUT2D eigenvalue weighted by Crippen LogP contribution is -1.92. The number of hydrogen-bond donors (Lipinski definition) is 2. The van der Waals surface area contributed by atoms with E-state index in [4.69, 9.17) is 17.3 Å². The average molecular weight is 243 g/mol. The van der Waals surface area contributed by atoms with Gasteiger partial charge in [0.05, 0.1) is 10.7 Å². The maximum atomic E-state index is 12.9. The Morgan fingerprint density at radius 2 is 2.13 bits per heavy atom. The monoisotopic (exact) mass is 242 g/mol. The molecule has 0 spiro atoms. The summed E-state index contributed by atoms with van der Waals surface area (Å²) < 4.78 is 12.9. The molecule has 0 aliphatic rings. The minimum Gasteiger partial charge on any atom is -0.389 e. The van der Waals surface area contributed by atoms with E-state index in [9.17, 15) is 4.39 Å². The van der Waals surface area contributed by atoms with Crippen LogP contribution in [0.5, 0.6) is 0 Å². The maximum absolute atomic E-state index is 12.9. The first-order valence-corrected chi connectivity index (χ1v) is 5.47. The second-order valence-corrected chi connectivity index (χ2v) is 4.31. The average Bonchev–Trinajstić information content (AvgIpc) is 2.59. The van der Waals surface area contributed by atoms with Crippen LogP contribution in [-0.2, 0) is 0 Å². The molecule has 0 saturated heterocycles. The van der Waals surface area contributed by atoms with Gasteiger partial charge < -0.3 is 11.1 Å². The van der Waals surface area contributed by atoms with Crippen LogP contribution in [-0.4, -0.2) is 0 Å². The van der Waals surface area contributed by atoms with Gasteiger partial charge in [0, 0.05) is 5.69 Å². The van der Waals surface area contributed by atoms with Gasteiger partial charge in [-0.15, -0.1) is 11.3 Å². The second-order valence-electron chi connectivity index (χ2n) is 2.95.